The SMILES string of the molecule is O=C(CC(c1ccccc1)c1ccccc1)NCC(O)c1ccsc1. The van der Waals surface area contributed by atoms with E-state index in [1.807, 2.05) is 77.5 Å². The molecule has 0 bridgehead atoms. The maximum Gasteiger partial charge on any atom is 0.221 e. The Labute approximate surface area is 152 Å². The van der Waals surface area contributed by atoms with E-state index in [4.69, 9.17) is 0 Å². The normalized spacial score (nSPS) is 12.1. The van der Waals surface area contributed by atoms with Crippen LogP contribution >= 0.6 is 11.3 Å². The lowest BCUT2D eigenvalue weighted by Crippen LogP contribution is -2.29. The summed E-state index contributed by atoms with van der Waals surface area (Å²) in [5, 5.41) is 16.8. The Hall–Kier alpha value is -2.43. The number of hydrogen-bond donors (Lipinski definition) is 2. The van der Waals surface area contributed by atoms with E-state index in [-0.39, 0.29) is 18.4 Å². The predicted octanol–water partition coefficient (Wildman–Crippen LogP) is 4.12. The van der Waals surface area contributed by atoms with Crippen LogP contribution in [0.4, 0.5) is 0 Å². The number of benzene rings is 2. The van der Waals surface area contributed by atoms with Gasteiger partial charge in [0.25, 0.3) is 0 Å². The van der Waals surface area contributed by atoms with Crippen LogP contribution < -0.4 is 5.32 Å². The molecule has 1 atom stereocenters. The van der Waals surface area contributed by atoms with Crippen LogP contribution in [-0.4, -0.2) is 17.6 Å². The Bertz CT molecular complexity index is 733. The van der Waals surface area contributed by atoms with Crippen molar-refractivity contribution in [3.8, 4) is 0 Å². The summed E-state index contributed by atoms with van der Waals surface area (Å²) in [6.07, 6.45) is -0.313. The number of thiophene rings is 1. The maximum absolute atomic E-state index is 12.5. The number of aliphatic hydroxyl groups excluding tert-OH is 1. The number of carbonyl (C=O) groups excluding carboxylic acids is 1. The Kier molecular flexibility index (Phi) is 5.99. The van der Waals surface area contributed by atoms with Gasteiger partial charge >= 0.3 is 0 Å². The number of carbonyl (C=O) groups is 1. The van der Waals surface area contributed by atoms with Gasteiger partial charge in [0.1, 0.15) is 0 Å². The molecule has 0 aliphatic carbocycles. The summed E-state index contributed by atoms with van der Waals surface area (Å²) >= 11 is 1.53. The highest BCUT2D eigenvalue weighted by molar-refractivity contribution is 7.07. The summed E-state index contributed by atoms with van der Waals surface area (Å²) < 4.78 is 0. The van der Waals surface area contributed by atoms with E-state index in [1.165, 1.54) is 11.3 Å². The molecule has 0 saturated carbocycles. The lowest BCUT2D eigenvalue weighted by Gasteiger charge is -2.18. The minimum absolute atomic E-state index is 0.000639. The average molecular weight is 351 g/mol. The molecule has 1 aromatic heterocycles. The second-order valence-corrected chi connectivity index (χ2v) is 6.73. The predicted molar refractivity (Wildman–Crippen MR) is 102 cm³/mol. The van der Waals surface area contributed by atoms with Gasteiger partial charge in [-0.2, -0.15) is 11.3 Å². The van der Waals surface area contributed by atoms with Gasteiger partial charge in [-0.25, -0.2) is 0 Å². The first-order valence-electron chi connectivity index (χ1n) is 8.31. The van der Waals surface area contributed by atoms with Gasteiger partial charge in [-0.15, -0.1) is 0 Å². The fourth-order valence-electron chi connectivity index (χ4n) is 2.85. The molecule has 1 unspecified atom stereocenters. The summed E-state index contributed by atoms with van der Waals surface area (Å²) in [5.41, 5.74) is 3.07. The third-order valence-corrected chi connectivity index (χ3v) is 4.92. The van der Waals surface area contributed by atoms with E-state index in [0.29, 0.717) is 6.42 Å². The van der Waals surface area contributed by atoms with Crippen molar-refractivity contribution in [3.63, 3.8) is 0 Å². The standard InChI is InChI=1S/C21H21NO2S/c23-20(18-11-12-25-15-18)14-22-21(24)13-19(16-7-3-1-4-8-16)17-9-5-2-6-10-17/h1-12,15,19-20,23H,13-14H2,(H,22,24). The Morgan fingerprint density at radius 2 is 1.52 bits per heavy atom. The summed E-state index contributed by atoms with van der Waals surface area (Å²) in [7, 11) is 0. The molecule has 1 heterocycles. The van der Waals surface area contributed by atoms with Crippen molar-refractivity contribution in [1.82, 2.24) is 5.32 Å². The third kappa shape index (κ3) is 4.78. The molecular formula is C21H21NO2S. The smallest absolute Gasteiger partial charge is 0.221 e. The van der Waals surface area contributed by atoms with Gasteiger partial charge in [-0.3, -0.25) is 4.79 Å². The molecular weight excluding hydrogens is 330 g/mol. The van der Waals surface area contributed by atoms with Gasteiger partial charge in [-0.05, 0) is 33.5 Å². The fraction of sp³-hybridized carbons (Fsp3) is 0.190. The van der Waals surface area contributed by atoms with Crippen LogP contribution in [0.15, 0.2) is 77.5 Å². The first-order valence-corrected chi connectivity index (χ1v) is 9.25. The molecule has 0 fully saturated rings. The van der Waals surface area contributed by atoms with Gasteiger partial charge in [0.05, 0.1) is 6.10 Å². The minimum Gasteiger partial charge on any atom is -0.387 e. The second kappa shape index (κ2) is 8.60. The highest BCUT2D eigenvalue weighted by Gasteiger charge is 2.18. The highest BCUT2D eigenvalue weighted by atomic mass is 32.1. The largest absolute Gasteiger partial charge is 0.387 e. The molecule has 3 nitrogen and oxygen atoms in total. The Morgan fingerprint density at radius 1 is 0.920 bits per heavy atom. The Balaban J connectivity index is 1.67. The molecule has 0 saturated heterocycles. The van der Waals surface area contributed by atoms with E-state index in [0.717, 1.165) is 16.7 Å². The van der Waals surface area contributed by atoms with Crippen LogP contribution in [-0.2, 0) is 4.79 Å². The van der Waals surface area contributed by atoms with E-state index in [9.17, 15) is 9.90 Å². The number of hydrogen-bond acceptors (Lipinski definition) is 3. The molecule has 0 aliphatic heterocycles. The van der Waals surface area contributed by atoms with E-state index in [2.05, 4.69) is 5.32 Å². The number of aliphatic hydroxyl groups is 1. The summed E-state index contributed by atoms with van der Waals surface area (Å²) in [6.45, 7) is 0.228. The number of rotatable bonds is 7. The van der Waals surface area contributed by atoms with Crippen molar-refractivity contribution in [2.45, 2.75) is 18.4 Å². The summed E-state index contributed by atoms with van der Waals surface area (Å²) in [4.78, 5) is 12.5. The molecule has 0 radical (unpaired) electrons. The van der Waals surface area contributed by atoms with E-state index >= 15 is 0 Å². The Morgan fingerprint density at radius 3 is 2.04 bits per heavy atom. The van der Waals surface area contributed by atoms with Crippen LogP contribution in [0.5, 0.6) is 0 Å². The third-order valence-electron chi connectivity index (χ3n) is 4.21. The van der Waals surface area contributed by atoms with Gasteiger partial charge < -0.3 is 10.4 Å². The molecule has 25 heavy (non-hydrogen) atoms. The molecule has 3 aromatic rings. The monoisotopic (exact) mass is 351 g/mol. The van der Waals surface area contributed by atoms with Crippen LogP contribution in [0.25, 0.3) is 0 Å². The first kappa shape index (κ1) is 17.4. The van der Waals surface area contributed by atoms with E-state index in [1.54, 1.807) is 0 Å². The topological polar surface area (TPSA) is 49.3 Å². The van der Waals surface area contributed by atoms with Crippen molar-refractivity contribution < 1.29 is 9.90 Å². The summed E-state index contributed by atoms with van der Waals surface area (Å²) in [5.74, 6) is -0.0623. The minimum atomic E-state index is -0.665. The zero-order valence-corrected chi connectivity index (χ0v) is 14.7. The van der Waals surface area contributed by atoms with Crippen molar-refractivity contribution in [1.29, 1.82) is 0 Å². The quantitative estimate of drug-likeness (QED) is 0.673. The lowest BCUT2D eigenvalue weighted by atomic mass is 9.88. The van der Waals surface area contributed by atoms with Gasteiger partial charge in [0.2, 0.25) is 5.91 Å². The van der Waals surface area contributed by atoms with Crippen molar-refractivity contribution >= 4 is 17.2 Å². The fourth-order valence-corrected chi connectivity index (χ4v) is 3.56. The van der Waals surface area contributed by atoms with Crippen LogP contribution in [0, 0.1) is 0 Å². The average Bonchev–Trinajstić information content (AvgIpc) is 3.20. The van der Waals surface area contributed by atoms with Gasteiger partial charge in [0.15, 0.2) is 0 Å². The molecule has 128 valence electrons. The molecule has 2 aromatic carbocycles. The van der Waals surface area contributed by atoms with Crippen LogP contribution in [0.1, 0.15) is 35.1 Å². The molecule has 4 heteroatoms. The zero-order valence-electron chi connectivity index (χ0n) is 13.8. The van der Waals surface area contributed by atoms with Crippen molar-refractivity contribution in [3.05, 3.63) is 94.2 Å². The lowest BCUT2D eigenvalue weighted by molar-refractivity contribution is -0.121. The second-order valence-electron chi connectivity index (χ2n) is 5.95. The van der Waals surface area contributed by atoms with Crippen LogP contribution in [0.2, 0.25) is 0 Å². The van der Waals surface area contributed by atoms with Crippen molar-refractivity contribution in [2.24, 2.45) is 0 Å². The molecule has 3 rings (SSSR count). The molecule has 0 aliphatic rings. The highest BCUT2D eigenvalue weighted by Crippen LogP contribution is 2.27. The van der Waals surface area contributed by atoms with Gasteiger partial charge in [-0.1, -0.05) is 60.7 Å². The molecule has 2 N–H and O–H groups in total. The first-order chi connectivity index (χ1) is 12.2. The summed E-state index contributed by atoms with van der Waals surface area (Å²) in [6, 6.07) is 22.0. The maximum atomic E-state index is 12.5. The van der Waals surface area contributed by atoms with Crippen LogP contribution in [0.3, 0.4) is 0 Å². The zero-order chi connectivity index (χ0) is 17.5. The van der Waals surface area contributed by atoms with E-state index < -0.39 is 6.10 Å². The van der Waals surface area contributed by atoms with Gasteiger partial charge in [0, 0.05) is 18.9 Å². The number of amides is 1. The van der Waals surface area contributed by atoms with Crippen molar-refractivity contribution in [2.75, 3.05) is 6.54 Å². The molecule has 0 spiro atoms. The number of nitrogens with one attached hydrogen (secondary N) is 1. The molecule has 1 amide bonds.